The van der Waals surface area contributed by atoms with Gasteiger partial charge < -0.3 is 10.1 Å². The molecule has 0 aromatic heterocycles. The molecule has 1 atom stereocenters. The third-order valence-electron chi connectivity index (χ3n) is 3.41. The van der Waals surface area contributed by atoms with Crippen molar-refractivity contribution in [1.82, 2.24) is 5.32 Å². The Balaban J connectivity index is 2.13. The Morgan fingerprint density at radius 2 is 1.77 bits per heavy atom. The summed E-state index contributed by atoms with van der Waals surface area (Å²) in [6, 6.07) is 13.8. The summed E-state index contributed by atoms with van der Waals surface area (Å²) in [4.78, 5) is 23.9. The number of ether oxygens (including phenoxy) is 1. The van der Waals surface area contributed by atoms with Crippen molar-refractivity contribution in [2.24, 2.45) is 0 Å². The summed E-state index contributed by atoms with van der Waals surface area (Å²) in [6.45, 7) is 3.65. The second-order valence-electron chi connectivity index (χ2n) is 5.44. The Labute approximate surface area is 152 Å². The lowest BCUT2D eigenvalue weighted by atomic mass is 10.2. The maximum absolute atomic E-state index is 12.3. The number of carbonyl (C=O) groups excluding carboxylic acids is 2. The maximum atomic E-state index is 12.3. The number of carbonyl (C=O) groups is 2. The Bertz CT molecular complexity index is 881. The summed E-state index contributed by atoms with van der Waals surface area (Å²) in [5.74, 6) is -1.12. The molecular weight excluding hydrogens is 356 g/mol. The molecule has 2 aromatic rings. The zero-order chi connectivity index (χ0) is 19.2. The van der Waals surface area contributed by atoms with E-state index in [0.29, 0.717) is 6.54 Å². The molecule has 0 spiro atoms. The van der Waals surface area contributed by atoms with Crippen LogP contribution in [0.5, 0.6) is 0 Å². The molecule has 1 amide bonds. The maximum Gasteiger partial charge on any atom is 0.338 e. The molecule has 0 radical (unpaired) electrons. The predicted octanol–water partition coefficient (Wildman–Crippen LogP) is 2.17. The van der Waals surface area contributed by atoms with Crippen LogP contribution in [-0.2, 0) is 19.6 Å². The van der Waals surface area contributed by atoms with Gasteiger partial charge in [0.15, 0.2) is 6.10 Å². The standard InChI is InChI=1S/C18H20N2O5S/c1-3-19-17(21)13(2)25-18(22)14-8-7-9-15(12-14)20-26(23,24)16-10-5-4-6-11-16/h4-13,20H,3H2,1-2H3,(H,19,21)/t13-/m1/s1. The Morgan fingerprint density at radius 3 is 2.42 bits per heavy atom. The minimum atomic E-state index is -3.77. The van der Waals surface area contributed by atoms with Gasteiger partial charge in [0.25, 0.3) is 15.9 Å². The molecule has 0 aliphatic heterocycles. The molecule has 0 bridgehead atoms. The number of anilines is 1. The molecule has 26 heavy (non-hydrogen) atoms. The van der Waals surface area contributed by atoms with E-state index in [-0.39, 0.29) is 16.1 Å². The molecule has 0 saturated carbocycles. The molecule has 0 saturated heterocycles. The summed E-state index contributed by atoms with van der Waals surface area (Å²) < 4.78 is 32.2. The molecule has 0 heterocycles. The van der Waals surface area contributed by atoms with Gasteiger partial charge in [-0.15, -0.1) is 0 Å². The molecule has 0 aliphatic rings. The van der Waals surface area contributed by atoms with Crippen molar-refractivity contribution in [1.29, 1.82) is 0 Å². The van der Waals surface area contributed by atoms with E-state index in [1.165, 1.54) is 43.3 Å². The smallest absolute Gasteiger partial charge is 0.338 e. The van der Waals surface area contributed by atoms with Gasteiger partial charge >= 0.3 is 5.97 Å². The average Bonchev–Trinajstić information content (AvgIpc) is 2.62. The van der Waals surface area contributed by atoms with Gasteiger partial charge in [0.05, 0.1) is 10.5 Å². The number of likely N-dealkylation sites (N-methyl/N-ethyl adjacent to an activating group) is 1. The van der Waals surface area contributed by atoms with Crippen LogP contribution in [0, 0.1) is 0 Å². The van der Waals surface area contributed by atoms with E-state index >= 15 is 0 Å². The SMILES string of the molecule is CCNC(=O)[C@@H](C)OC(=O)c1cccc(NS(=O)(=O)c2ccccc2)c1. The first-order chi connectivity index (χ1) is 12.3. The highest BCUT2D eigenvalue weighted by Gasteiger charge is 2.19. The van der Waals surface area contributed by atoms with E-state index in [2.05, 4.69) is 10.0 Å². The van der Waals surface area contributed by atoms with Crippen LogP contribution < -0.4 is 10.0 Å². The minimum Gasteiger partial charge on any atom is -0.449 e. The Morgan fingerprint density at radius 1 is 1.08 bits per heavy atom. The van der Waals surface area contributed by atoms with Crippen molar-refractivity contribution >= 4 is 27.6 Å². The van der Waals surface area contributed by atoms with Crippen molar-refractivity contribution in [3.05, 3.63) is 60.2 Å². The van der Waals surface area contributed by atoms with Crippen LogP contribution >= 0.6 is 0 Å². The molecule has 8 heteroatoms. The second kappa shape index (κ2) is 8.48. The van der Waals surface area contributed by atoms with Crippen LogP contribution in [0.2, 0.25) is 0 Å². The van der Waals surface area contributed by atoms with E-state index in [9.17, 15) is 18.0 Å². The number of nitrogens with one attached hydrogen (secondary N) is 2. The first-order valence-electron chi connectivity index (χ1n) is 8.00. The fourth-order valence-electron chi connectivity index (χ4n) is 2.12. The van der Waals surface area contributed by atoms with E-state index in [1.54, 1.807) is 25.1 Å². The highest BCUT2D eigenvalue weighted by Crippen LogP contribution is 2.18. The summed E-state index contributed by atoms with van der Waals surface area (Å²) in [5, 5.41) is 2.55. The van der Waals surface area contributed by atoms with Crippen molar-refractivity contribution in [2.45, 2.75) is 24.8 Å². The molecular formula is C18H20N2O5S. The summed E-state index contributed by atoms with van der Waals surface area (Å²) in [7, 11) is -3.77. The first-order valence-corrected chi connectivity index (χ1v) is 9.48. The largest absolute Gasteiger partial charge is 0.449 e. The van der Waals surface area contributed by atoms with Gasteiger partial charge in [-0.25, -0.2) is 13.2 Å². The van der Waals surface area contributed by atoms with Crippen LogP contribution in [0.4, 0.5) is 5.69 Å². The summed E-state index contributed by atoms with van der Waals surface area (Å²) in [6.07, 6.45) is -0.952. The van der Waals surface area contributed by atoms with Crippen molar-refractivity contribution in [2.75, 3.05) is 11.3 Å². The van der Waals surface area contributed by atoms with Crippen molar-refractivity contribution in [3.8, 4) is 0 Å². The zero-order valence-corrected chi connectivity index (χ0v) is 15.2. The Hall–Kier alpha value is -2.87. The summed E-state index contributed by atoms with van der Waals surface area (Å²) >= 11 is 0. The fourth-order valence-corrected chi connectivity index (χ4v) is 3.19. The van der Waals surface area contributed by atoms with Gasteiger partial charge in [0.2, 0.25) is 0 Å². The lowest BCUT2D eigenvalue weighted by molar-refractivity contribution is -0.128. The molecule has 7 nitrogen and oxygen atoms in total. The zero-order valence-electron chi connectivity index (χ0n) is 14.4. The number of hydrogen-bond acceptors (Lipinski definition) is 5. The van der Waals surface area contributed by atoms with Gasteiger partial charge in [-0.1, -0.05) is 24.3 Å². The normalized spacial score (nSPS) is 12.1. The van der Waals surface area contributed by atoms with E-state index in [4.69, 9.17) is 4.74 Å². The molecule has 2 aromatic carbocycles. The van der Waals surface area contributed by atoms with Gasteiger partial charge in [0, 0.05) is 12.2 Å². The highest BCUT2D eigenvalue weighted by atomic mass is 32.2. The third-order valence-corrected chi connectivity index (χ3v) is 4.81. The molecule has 2 rings (SSSR count). The topological polar surface area (TPSA) is 102 Å². The number of esters is 1. The van der Waals surface area contributed by atoms with Crippen molar-refractivity contribution < 1.29 is 22.7 Å². The minimum absolute atomic E-state index is 0.109. The molecule has 0 fully saturated rings. The van der Waals surface area contributed by atoms with Gasteiger partial charge in [-0.2, -0.15) is 0 Å². The number of hydrogen-bond donors (Lipinski definition) is 2. The van der Waals surface area contributed by atoms with Crippen LogP contribution in [0.1, 0.15) is 24.2 Å². The Kier molecular flexibility index (Phi) is 6.35. The third kappa shape index (κ3) is 5.06. The van der Waals surface area contributed by atoms with Gasteiger partial charge in [-0.05, 0) is 44.2 Å². The van der Waals surface area contributed by atoms with Crippen molar-refractivity contribution in [3.63, 3.8) is 0 Å². The van der Waals surface area contributed by atoms with Gasteiger partial charge in [-0.3, -0.25) is 9.52 Å². The quantitative estimate of drug-likeness (QED) is 0.721. The fraction of sp³-hybridized carbons (Fsp3) is 0.222. The molecule has 138 valence electrons. The van der Waals surface area contributed by atoms with E-state index in [0.717, 1.165) is 0 Å². The van der Waals surface area contributed by atoms with Gasteiger partial charge in [0.1, 0.15) is 0 Å². The van der Waals surface area contributed by atoms with Crippen LogP contribution in [0.15, 0.2) is 59.5 Å². The lowest BCUT2D eigenvalue weighted by Gasteiger charge is -2.13. The predicted molar refractivity (Wildman–Crippen MR) is 97.3 cm³/mol. The number of rotatable bonds is 7. The number of amides is 1. The first kappa shape index (κ1) is 19.5. The molecule has 0 unspecified atom stereocenters. The van der Waals surface area contributed by atoms with Crippen LogP contribution in [0.25, 0.3) is 0 Å². The molecule has 2 N–H and O–H groups in total. The van der Waals surface area contributed by atoms with Crippen LogP contribution in [0.3, 0.4) is 0 Å². The molecule has 0 aliphatic carbocycles. The lowest BCUT2D eigenvalue weighted by Crippen LogP contribution is -2.35. The number of sulfonamides is 1. The van der Waals surface area contributed by atoms with E-state index in [1.807, 2.05) is 0 Å². The van der Waals surface area contributed by atoms with E-state index < -0.39 is 28.0 Å². The monoisotopic (exact) mass is 376 g/mol. The average molecular weight is 376 g/mol. The second-order valence-corrected chi connectivity index (χ2v) is 7.12. The van der Waals surface area contributed by atoms with Crippen LogP contribution in [-0.4, -0.2) is 32.9 Å². The highest BCUT2D eigenvalue weighted by molar-refractivity contribution is 7.92. The summed E-state index contributed by atoms with van der Waals surface area (Å²) in [5.41, 5.74) is 0.350. The number of benzene rings is 2.